The molecule has 0 fully saturated rings. The molecule has 0 saturated heterocycles. The number of carbonyl (C=O) groups is 4. The smallest absolute Gasteiger partial charge is 0.239 e. The van der Waals surface area contributed by atoms with Crippen molar-refractivity contribution in [3.63, 3.8) is 0 Å². The molecule has 0 aliphatic carbocycles. The second kappa shape index (κ2) is 12.6. The molecule has 0 aliphatic heterocycles. The van der Waals surface area contributed by atoms with Gasteiger partial charge in [-0.15, -0.1) is 0 Å². The quantitative estimate of drug-likeness (QED) is 0.308. The number of likely N-dealkylation sites (N-methyl/N-ethyl adjacent to an activating group) is 1. The summed E-state index contributed by atoms with van der Waals surface area (Å²) in [5.74, 6) is -0.851. The zero-order valence-electron chi connectivity index (χ0n) is 15.8. The lowest BCUT2D eigenvalue weighted by Gasteiger charge is -2.19. The first-order valence-corrected chi connectivity index (χ1v) is 8.98. The van der Waals surface area contributed by atoms with Gasteiger partial charge in [-0.3, -0.25) is 19.8 Å². The Morgan fingerprint density at radius 3 is 2.26 bits per heavy atom. The third kappa shape index (κ3) is 10.1. The highest BCUT2D eigenvalue weighted by Crippen LogP contribution is 2.04. The minimum absolute atomic E-state index is 0.101. The first-order chi connectivity index (χ1) is 12.9. The SMILES string of the molecule is CNC(=O)CNC(=O)[C@H](Cc1ccccc1)NNC(=O)CCCCC(C)=O. The summed E-state index contributed by atoms with van der Waals surface area (Å²) < 4.78 is 0. The van der Waals surface area contributed by atoms with Gasteiger partial charge < -0.3 is 15.4 Å². The Bertz CT molecular complexity index is 634. The van der Waals surface area contributed by atoms with Crippen LogP contribution in [0.2, 0.25) is 0 Å². The zero-order valence-corrected chi connectivity index (χ0v) is 15.8. The third-order valence-electron chi connectivity index (χ3n) is 3.87. The Morgan fingerprint density at radius 1 is 0.963 bits per heavy atom. The summed E-state index contributed by atoms with van der Waals surface area (Å²) >= 11 is 0. The Hall–Kier alpha value is -2.74. The van der Waals surface area contributed by atoms with Crippen molar-refractivity contribution in [3.8, 4) is 0 Å². The van der Waals surface area contributed by atoms with Gasteiger partial charge in [0, 0.05) is 19.9 Å². The van der Waals surface area contributed by atoms with Gasteiger partial charge in [0.05, 0.1) is 6.54 Å². The molecule has 1 atom stereocenters. The monoisotopic (exact) mass is 376 g/mol. The predicted octanol–water partition coefficient (Wildman–Crippen LogP) is 0.230. The normalized spacial score (nSPS) is 11.3. The molecule has 27 heavy (non-hydrogen) atoms. The van der Waals surface area contributed by atoms with Crippen LogP contribution in [0.15, 0.2) is 30.3 Å². The average Bonchev–Trinajstić information content (AvgIpc) is 2.66. The standard InChI is InChI=1S/C19H28N4O4/c1-14(24)8-6-7-11-17(25)23-22-16(12-15-9-4-3-5-10-15)19(27)21-13-18(26)20-2/h3-5,9-10,16,22H,6-8,11-13H2,1-2H3,(H,20,26)(H,21,27)(H,23,25)/t16-/m0/s1. The van der Waals surface area contributed by atoms with Gasteiger partial charge in [0.2, 0.25) is 17.7 Å². The summed E-state index contributed by atoms with van der Waals surface area (Å²) in [5, 5.41) is 4.97. The molecular weight excluding hydrogens is 348 g/mol. The van der Waals surface area contributed by atoms with E-state index in [0.29, 0.717) is 25.7 Å². The summed E-state index contributed by atoms with van der Waals surface area (Å²) in [7, 11) is 1.49. The number of nitrogens with one attached hydrogen (secondary N) is 4. The van der Waals surface area contributed by atoms with Crippen LogP contribution >= 0.6 is 0 Å². The average molecular weight is 376 g/mol. The van der Waals surface area contributed by atoms with Gasteiger partial charge in [0.15, 0.2) is 0 Å². The van der Waals surface area contributed by atoms with Gasteiger partial charge in [-0.25, -0.2) is 5.43 Å². The second-order valence-electron chi connectivity index (χ2n) is 6.23. The molecule has 0 radical (unpaired) electrons. The fourth-order valence-corrected chi connectivity index (χ4v) is 2.33. The number of rotatable bonds is 12. The van der Waals surface area contributed by atoms with Gasteiger partial charge in [0.1, 0.15) is 11.8 Å². The number of ketones is 1. The van der Waals surface area contributed by atoms with Crippen molar-refractivity contribution in [2.45, 2.75) is 45.1 Å². The van der Waals surface area contributed by atoms with Crippen molar-refractivity contribution in [1.82, 2.24) is 21.5 Å². The Morgan fingerprint density at radius 2 is 1.63 bits per heavy atom. The van der Waals surface area contributed by atoms with Crippen LogP contribution in [-0.4, -0.2) is 43.1 Å². The van der Waals surface area contributed by atoms with E-state index in [1.807, 2.05) is 30.3 Å². The molecule has 0 aliphatic rings. The second-order valence-corrected chi connectivity index (χ2v) is 6.23. The number of hydrogen-bond donors (Lipinski definition) is 4. The number of hydrogen-bond acceptors (Lipinski definition) is 5. The van der Waals surface area contributed by atoms with Crippen LogP contribution in [0.4, 0.5) is 0 Å². The van der Waals surface area contributed by atoms with Crippen LogP contribution in [0.25, 0.3) is 0 Å². The topological polar surface area (TPSA) is 116 Å². The van der Waals surface area contributed by atoms with E-state index in [-0.39, 0.29) is 36.5 Å². The fourth-order valence-electron chi connectivity index (χ4n) is 2.33. The van der Waals surface area contributed by atoms with Crippen molar-refractivity contribution in [2.75, 3.05) is 13.6 Å². The van der Waals surface area contributed by atoms with E-state index in [4.69, 9.17) is 0 Å². The molecular formula is C19H28N4O4. The van der Waals surface area contributed by atoms with E-state index in [1.54, 1.807) is 0 Å². The lowest BCUT2D eigenvalue weighted by atomic mass is 10.1. The number of benzene rings is 1. The van der Waals surface area contributed by atoms with Crippen LogP contribution < -0.4 is 21.5 Å². The molecule has 4 N–H and O–H groups in total. The van der Waals surface area contributed by atoms with Gasteiger partial charge in [-0.2, -0.15) is 0 Å². The maximum atomic E-state index is 12.4. The number of amides is 3. The summed E-state index contributed by atoms with van der Waals surface area (Å²) in [5.41, 5.74) is 6.20. The molecule has 0 spiro atoms. The van der Waals surface area contributed by atoms with Crippen molar-refractivity contribution in [1.29, 1.82) is 0 Å². The molecule has 0 aromatic heterocycles. The predicted molar refractivity (Wildman–Crippen MR) is 101 cm³/mol. The molecule has 3 amide bonds. The number of carbonyl (C=O) groups excluding carboxylic acids is 4. The van der Waals surface area contributed by atoms with Gasteiger partial charge in [-0.1, -0.05) is 30.3 Å². The van der Waals surface area contributed by atoms with Crippen LogP contribution in [-0.2, 0) is 25.6 Å². The number of Topliss-reactive ketones (excluding diaryl/α,β-unsaturated/α-hetero) is 1. The molecule has 0 bridgehead atoms. The van der Waals surface area contributed by atoms with E-state index < -0.39 is 6.04 Å². The van der Waals surface area contributed by atoms with E-state index in [1.165, 1.54) is 14.0 Å². The maximum absolute atomic E-state index is 12.4. The minimum Gasteiger partial charge on any atom is -0.358 e. The van der Waals surface area contributed by atoms with E-state index >= 15 is 0 Å². The lowest BCUT2D eigenvalue weighted by Crippen LogP contribution is -2.53. The van der Waals surface area contributed by atoms with Gasteiger partial charge in [0.25, 0.3) is 0 Å². The molecule has 1 aromatic carbocycles. The maximum Gasteiger partial charge on any atom is 0.239 e. The molecule has 0 heterocycles. The van der Waals surface area contributed by atoms with Crippen molar-refractivity contribution >= 4 is 23.5 Å². The molecule has 148 valence electrons. The molecule has 0 saturated carbocycles. The highest BCUT2D eigenvalue weighted by Gasteiger charge is 2.20. The van der Waals surface area contributed by atoms with Crippen LogP contribution in [0.3, 0.4) is 0 Å². The Balaban J connectivity index is 2.54. The van der Waals surface area contributed by atoms with E-state index in [9.17, 15) is 19.2 Å². The summed E-state index contributed by atoms with van der Waals surface area (Å²) in [6, 6.07) is 8.64. The third-order valence-corrected chi connectivity index (χ3v) is 3.87. The van der Waals surface area contributed by atoms with Crippen molar-refractivity contribution in [2.24, 2.45) is 0 Å². The van der Waals surface area contributed by atoms with Crippen molar-refractivity contribution in [3.05, 3.63) is 35.9 Å². The molecule has 1 rings (SSSR count). The largest absolute Gasteiger partial charge is 0.358 e. The molecule has 1 aromatic rings. The fraction of sp³-hybridized carbons (Fsp3) is 0.474. The molecule has 0 unspecified atom stereocenters. The lowest BCUT2D eigenvalue weighted by molar-refractivity contribution is -0.128. The Kier molecular flexibility index (Phi) is 10.4. The highest BCUT2D eigenvalue weighted by molar-refractivity contribution is 5.87. The van der Waals surface area contributed by atoms with Crippen LogP contribution in [0, 0.1) is 0 Å². The number of unbranched alkanes of at least 4 members (excludes halogenated alkanes) is 1. The molecule has 8 heteroatoms. The zero-order chi connectivity index (χ0) is 20.1. The highest BCUT2D eigenvalue weighted by atomic mass is 16.2. The minimum atomic E-state index is -0.724. The molecule has 8 nitrogen and oxygen atoms in total. The summed E-state index contributed by atoms with van der Waals surface area (Å²) in [6.45, 7) is 1.38. The van der Waals surface area contributed by atoms with Crippen molar-refractivity contribution < 1.29 is 19.2 Å². The first kappa shape index (κ1) is 22.3. The van der Waals surface area contributed by atoms with E-state index in [0.717, 1.165) is 5.56 Å². The number of hydrazine groups is 1. The first-order valence-electron chi connectivity index (χ1n) is 8.98. The summed E-state index contributed by atoms with van der Waals surface area (Å²) in [6.07, 6.45) is 2.32. The summed E-state index contributed by atoms with van der Waals surface area (Å²) in [4.78, 5) is 46.5. The Labute approximate surface area is 159 Å². The van der Waals surface area contributed by atoms with E-state index in [2.05, 4.69) is 21.5 Å². The van der Waals surface area contributed by atoms with Gasteiger partial charge >= 0.3 is 0 Å². The van der Waals surface area contributed by atoms with Gasteiger partial charge in [-0.05, 0) is 31.7 Å². The van der Waals surface area contributed by atoms with Crippen LogP contribution in [0.5, 0.6) is 0 Å². The van der Waals surface area contributed by atoms with Crippen LogP contribution in [0.1, 0.15) is 38.2 Å².